The molecule has 0 unspecified atom stereocenters. The summed E-state index contributed by atoms with van der Waals surface area (Å²) in [6.45, 7) is 8.06. The van der Waals surface area contributed by atoms with Gasteiger partial charge in [-0.2, -0.15) is 0 Å². The number of para-hydroxylation sites is 1. The first-order valence-electron chi connectivity index (χ1n) is 8.56. The normalized spacial score (nSPS) is 14.2. The summed E-state index contributed by atoms with van der Waals surface area (Å²) < 4.78 is 0. The van der Waals surface area contributed by atoms with Crippen molar-refractivity contribution in [2.24, 2.45) is 0 Å². The van der Waals surface area contributed by atoms with Crippen molar-refractivity contribution >= 4 is 17.4 Å². The average Bonchev–Trinajstić information content (AvgIpc) is 3.11. The van der Waals surface area contributed by atoms with Crippen molar-refractivity contribution in [3.63, 3.8) is 0 Å². The zero-order valence-electron chi connectivity index (χ0n) is 14.5. The SMILES string of the molecule is Cc1cccc(C(C)C)c1Nc1ccc(C(=O)N2CCCC2)nn1. The van der Waals surface area contributed by atoms with Gasteiger partial charge in [-0.3, -0.25) is 4.79 Å². The molecule has 1 saturated heterocycles. The number of nitrogens with zero attached hydrogens (tertiary/aromatic N) is 3. The minimum absolute atomic E-state index is 0.0229. The van der Waals surface area contributed by atoms with Crippen molar-refractivity contribution in [3.05, 3.63) is 47.2 Å². The Balaban J connectivity index is 1.79. The Kier molecular flexibility index (Phi) is 4.79. The third-order valence-electron chi connectivity index (χ3n) is 4.46. The number of aryl methyl sites for hydroxylation is 1. The molecule has 0 bridgehead atoms. The van der Waals surface area contributed by atoms with Crippen LogP contribution in [0, 0.1) is 6.92 Å². The minimum Gasteiger partial charge on any atom is -0.338 e. The largest absolute Gasteiger partial charge is 0.338 e. The van der Waals surface area contributed by atoms with Crippen molar-refractivity contribution in [2.75, 3.05) is 18.4 Å². The van der Waals surface area contributed by atoms with Gasteiger partial charge in [0.15, 0.2) is 11.5 Å². The van der Waals surface area contributed by atoms with E-state index in [4.69, 9.17) is 0 Å². The van der Waals surface area contributed by atoms with Crippen LogP contribution in [0.5, 0.6) is 0 Å². The van der Waals surface area contributed by atoms with Gasteiger partial charge in [-0.15, -0.1) is 10.2 Å². The molecule has 1 amide bonds. The monoisotopic (exact) mass is 324 g/mol. The number of nitrogens with one attached hydrogen (secondary N) is 1. The first kappa shape index (κ1) is 16.4. The molecule has 1 fully saturated rings. The first-order chi connectivity index (χ1) is 11.6. The highest BCUT2D eigenvalue weighted by molar-refractivity contribution is 5.92. The van der Waals surface area contributed by atoms with Crippen LogP contribution in [-0.2, 0) is 0 Å². The molecule has 1 aromatic heterocycles. The van der Waals surface area contributed by atoms with Crippen LogP contribution in [0.2, 0.25) is 0 Å². The van der Waals surface area contributed by atoms with Crippen molar-refractivity contribution < 1.29 is 4.79 Å². The molecule has 0 aliphatic carbocycles. The molecule has 5 heteroatoms. The summed E-state index contributed by atoms with van der Waals surface area (Å²) in [5, 5.41) is 11.7. The van der Waals surface area contributed by atoms with Gasteiger partial charge in [0.25, 0.3) is 5.91 Å². The smallest absolute Gasteiger partial charge is 0.274 e. The van der Waals surface area contributed by atoms with Gasteiger partial charge in [0.1, 0.15) is 0 Å². The number of carbonyl (C=O) groups is 1. The molecule has 1 aliphatic heterocycles. The van der Waals surface area contributed by atoms with Crippen LogP contribution in [0.15, 0.2) is 30.3 Å². The van der Waals surface area contributed by atoms with Gasteiger partial charge in [0.2, 0.25) is 0 Å². The minimum atomic E-state index is -0.0229. The highest BCUT2D eigenvalue weighted by Gasteiger charge is 2.21. The van der Waals surface area contributed by atoms with E-state index in [1.54, 1.807) is 6.07 Å². The zero-order chi connectivity index (χ0) is 17.1. The maximum atomic E-state index is 12.3. The Hall–Kier alpha value is -2.43. The van der Waals surface area contributed by atoms with Crippen molar-refractivity contribution in [3.8, 4) is 0 Å². The van der Waals surface area contributed by atoms with Crippen molar-refractivity contribution in [2.45, 2.75) is 39.5 Å². The van der Waals surface area contributed by atoms with Crippen LogP contribution in [-0.4, -0.2) is 34.1 Å². The lowest BCUT2D eigenvalue weighted by molar-refractivity contribution is 0.0786. The Bertz CT molecular complexity index is 719. The number of benzene rings is 1. The molecule has 1 N–H and O–H groups in total. The summed E-state index contributed by atoms with van der Waals surface area (Å²) in [5.74, 6) is 1.05. The number of amides is 1. The molecular weight excluding hydrogens is 300 g/mol. The highest BCUT2D eigenvalue weighted by atomic mass is 16.2. The molecule has 1 aromatic carbocycles. The van der Waals surface area contributed by atoms with Crippen LogP contribution in [0.4, 0.5) is 11.5 Å². The number of anilines is 2. The second-order valence-electron chi connectivity index (χ2n) is 6.62. The van der Waals surface area contributed by atoms with Crippen LogP contribution in [0.3, 0.4) is 0 Å². The molecule has 3 rings (SSSR count). The van der Waals surface area contributed by atoms with Gasteiger partial charge in [0.05, 0.1) is 0 Å². The number of aromatic nitrogens is 2. The molecule has 24 heavy (non-hydrogen) atoms. The number of likely N-dealkylation sites (tertiary alicyclic amines) is 1. The fourth-order valence-electron chi connectivity index (χ4n) is 3.07. The number of hydrogen-bond acceptors (Lipinski definition) is 4. The second-order valence-corrected chi connectivity index (χ2v) is 6.62. The van der Waals surface area contributed by atoms with E-state index >= 15 is 0 Å². The van der Waals surface area contributed by atoms with E-state index in [1.807, 2.05) is 11.0 Å². The number of hydrogen-bond donors (Lipinski definition) is 1. The number of rotatable bonds is 4. The van der Waals surface area contributed by atoms with E-state index in [9.17, 15) is 4.79 Å². The lowest BCUT2D eigenvalue weighted by Crippen LogP contribution is -2.28. The van der Waals surface area contributed by atoms with E-state index in [2.05, 4.69) is 54.5 Å². The highest BCUT2D eigenvalue weighted by Crippen LogP contribution is 2.29. The third-order valence-corrected chi connectivity index (χ3v) is 4.46. The molecule has 5 nitrogen and oxygen atoms in total. The van der Waals surface area contributed by atoms with Crippen LogP contribution in [0.1, 0.15) is 54.2 Å². The maximum Gasteiger partial charge on any atom is 0.274 e. The molecule has 0 saturated carbocycles. The molecule has 0 atom stereocenters. The quantitative estimate of drug-likeness (QED) is 0.927. The Morgan fingerprint density at radius 2 is 1.88 bits per heavy atom. The Labute approximate surface area is 143 Å². The number of carbonyl (C=O) groups excluding carboxylic acids is 1. The van der Waals surface area contributed by atoms with E-state index in [1.165, 1.54) is 11.1 Å². The fourth-order valence-corrected chi connectivity index (χ4v) is 3.07. The predicted molar refractivity (Wildman–Crippen MR) is 95.7 cm³/mol. The van der Waals surface area contributed by atoms with E-state index in [0.717, 1.165) is 31.6 Å². The van der Waals surface area contributed by atoms with Gasteiger partial charge in [0, 0.05) is 18.8 Å². The van der Waals surface area contributed by atoms with Gasteiger partial charge >= 0.3 is 0 Å². The lowest BCUT2D eigenvalue weighted by Gasteiger charge is -2.17. The molecule has 1 aliphatic rings. The summed E-state index contributed by atoms with van der Waals surface area (Å²) in [6.07, 6.45) is 2.15. The molecule has 2 heterocycles. The lowest BCUT2D eigenvalue weighted by atomic mass is 9.98. The summed E-state index contributed by atoms with van der Waals surface area (Å²) >= 11 is 0. The van der Waals surface area contributed by atoms with Crippen LogP contribution < -0.4 is 5.32 Å². The van der Waals surface area contributed by atoms with Crippen molar-refractivity contribution in [1.82, 2.24) is 15.1 Å². The summed E-state index contributed by atoms with van der Waals surface area (Å²) in [5.41, 5.74) is 3.89. The fraction of sp³-hybridized carbons (Fsp3) is 0.421. The zero-order valence-corrected chi connectivity index (χ0v) is 14.5. The predicted octanol–water partition coefficient (Wildman–Crippen LogP) is 3.89. The summed E-state index contributed by atoms with van der Waals surface area (Å²) in [7, 11) is 0. The van der Waals surface area contributed by atoms with E-state index < -0.39 is 0 Å². The van der Waals surface area contributed by atoms with Crippen molar-refractivity contribution in [1.29, 1.82) is 0 Å². The van der Waals surface area contributed by atoms with Gasteiger partial charge in [-0.25, -0.2) is 0 Å². The second kappa shape index (κ2) is 6.99. The summed E-state index contributed by atoms with van der Waals surface area (Å²) in [6, 6.07) is 9.85. The molecular formula is C19H24N4O. The van der Waals surface area contributed by atoms with Gasteiger partial charge in [-0.05, 0) is 48.9 Å². The molecule has 0 radical (unpaired) electrons. The molecule has 0 spiro atoms. The van der Waals surface area contributed by atoms with Crippen LogP contribution in [0.25, 0.3) is 0 Å². The first-order valence-corrected chi connectivity index (χ1v) is 8.56. The van der Waals surface area contributed by atoms with Gasteiger partial charge < -0.3 is 10.2 Å². The standard InChI is InChI=1S/C19H24N4O/c1-13(2)15-8-6-7-14(3)18(15)20-17-10-9-16(21-22-17)19(24)23-11-4-5-12-23/h6-10,13H,4-5,11-12H2,1-3H3,(H,20,22). The average molecular weight is 324 g/mol. The van der Waals surface area contributed by atoms with Crippen LogP contribution >= 0.6 is 0 Å². The summed E-state index contributed by atoms with van der Waals surface area (Å²) in [4.78, 5) is 14.2. The van der Waals surface area contributed by atoms with Gasteiger partial charge in [-0.1, -0.05) is 32.0 Å². The topological polar surface area (TPSA) is 58.1 Å². The molecule has 126 valence electrons. The third kappa shape index (κ3) is 3.40. The molecule has 2 aromatic rings. The Morgan fingerprint density at radius 3 is 2.50 bits per heavy atom. The van der Waals surface area contributed by atoms with E-state index in [-0.39, 0.29) is 5.91 Å². The van der Waals surface area contributed by atoms with E-state index in [0.29, 0.717) is 17.4 Å². The maximum absolute atomic E-state index is 12.3. The Morgan fingerprint density at radius 1 is 1.12 bits per heavy atom.